The van der Waals surface area contributed by atoms with Gasteiger partial charge in [-0.3, -0.25) is 14.4 Å². The second kappa shape index (κ2) is 20.3. The number of benzene rings is 1. The fourth-order valence-electron chi connectivity index (χ4n) is 5.10. The Labute approximate surface area is 257 Å². The van der Waals surface area contributed by atoms with Gasteiger partial charge in [0.25, 0.3) is 0 Å². The molecule has 1 fully saturated rings. The highest BCUT2D eigenvalue weighted by atomic mass is 16.5. The number of nitrogens with one attached hydrogen (secondary N) is 3. The van der Waals surface area contributed by atoms with Gasteiger partial charge in [0.1, 0.15) is 18.4 Å². The smallest absolute Gasteiger partial charge is 0.245 e. The molecule has 9 heteroatoms. The van der Waals surface area contributed by atoms with E-state index in [1.807, 2.05) is 31.2 Å². The number of allylic oxidation sites excluding steroid dienone is 5. The number of carbonyl (C=O) groups is 3. The third-order valence-corrected chi connectivity index (χ3v) is 7.61. The lowest BCUT2D eigenvalue weighted by Crippen LogP contribution is -2.57. The van der Waals surface area contributed by atoms with Crippen LogP contribution < -0.4 is 16.0 Å². The minimum Gasteiger partial charge on any atom is -0.492 e. The summed E-state index contributed by atoms with van der Waals surface area (Å²) < 4.78 is 6.00. The van der Waals surface area contributed by atoms with Crippen molar-refractivity contribution in [3.05, 3.63) is 84.2 Å². The molecule has 9 nitrogen and oxygen atoms in total. The van der Waals surface area contributed by atoms with E-state index in [2.05, 4.69) is 53.7 Å². The minimum absolute atomic E-state index is 0.134. The van der Waals surface area contributed by atoms with Crippen LogP contribution in [0.2, 0.25) is 0 Å². The predicted octanol–water partition coefficient (Wildman–Crippen LogP) is 3.43. The molecule has 3 amide bonds. The molecule has 1 heterocycles. The molecular weight excluding hydrogens is 544 g/mol. The van der Waals surface area contributed by atoms with Crippen LogP contribution in [0.25, 0.3) is 0 Å². The van der Waals surface area contributed by atoms with E-state index in [9.17, 15) is 19.5 Å². The highest BCUT2D eigenvalue weighted by molar-refractivity contribution is 5.92. The van der Waals surface area contributed by atoms with Crippen molar-refractivity contribution < 1.29 is 24.2 Å². The Bertz CT molecular complexity index is 1110. The Morgan fingerprint density at radius 3 is 2.42 bits per heavy atom. The highest BCUT2D eigenvalue weighted by Gasteiger charge is 2.35. The van der Waals surface area contributed by atoms with Crippen LogP contribution in [-0.2, 0) is 25.5 Å². The normalized spacial score (nSPS) is 24.5. The Hall–Kier alpha value is -3.69. The maximum atomic E-state index is 13.5. The Morgan fingerprint density at radius 1 is 1.09 bits per heavy atom. The molecule has 0 aromatic heterocycles. The van der Waals surface area contributed by atoms with E-state index < -0.39 is 24.6 Å². The number of likely N-dealkylation sites (N-methyl/N-ethyl adjacent to an activating group) is 1. The zero-order valence-electron chi connectivity index (χ0n) is 26.0. The molecular formula is C34H50N4O5. The maximum Gasteiger partial charge on any atom is 0.245 e. The van der Waals surface area contributed by atoms with E-state index in [-0.39, 0.29) is 30.8 Å². The summed E-state index contributed by atoms with van der Waals surface area (Å²) in [4.78, 5) is 39.6. The molecule has 1 saturated carbocycles. The third kappa shape index (κ3) is 12.2. The van der Waals surface area contributed by atoms with Crippen molar-refractivity contribution in [1.82, 2.24) is 20.9 Å². The van der Waals surface area contributed by atoms with Crippen LogP contribution in [0.1, 0.15) is 51.5 Å². The summed E-state index contributed by atoms with van der Waals surface area (Å²) in [5, 5.41) is 18.4. The first kappa shape index (κ1) is 35.5. The summed E-state index contributed by atoms with van der Waals surface area (Å²) in [5.74, 6) is -0.442. The Morgan fingerprint density at radius 2 is 1.81 bits per heavy atom. The fraction of sp³-hybridized carbons (Fsp3) is 0.500. The van der Waals surface area contributed by atoms with Gasteiger partial charge in [0.15, 0.2) is 0 Å². The van der Waals surface area contributed by atoms with Crippen LogP contribution >= 0.6 is 0 Å². The number of ether oxygens (including phenoxy) is 1. The molecule has 1 aliphatic heterocycles. The van der Waals surface area contributed by atoms with Crippen molar-refractivity contribution in [3.63, 3.8) is 0 Å². The lowest BCUT2D eigenvalue weighted by Gasteiger charge is -2.35. The molecule has 43 heavy (non-hydrogen) atoms. The van der Waals surface area contributed by atoms with Gasteiger partial charge in [-0.25, -0.2) is 0 Å². The van der Waals surface area contributed by atoms with E-state index in [1.54, 1.807) is 12.2 Å². The number of hydrogen-bond donors (Lipinski definition) is 4. The number of carbonyl (C=O) groups excluding carboxylic acids is 3. The Balaban J connectivity index is 0.000000694. The zero-order chi connectivity index (χ0) is 31.5. The van der Waals surface area contributed by atoms with Crippen LogP contribution in [0, 0.1) is 5.92 Å². The molecule has 3 rings (SSSR count). The summed E-state index contributed by atoms with van der Waals surface area (Å²) in [6.45, 7) is 8.12. The van der Waals surface area contributed by atoms with Gasteiger partial charge in [0.05, 0.1) is 19.2 Å². The predicted molar refractivity (Wildman–Crippen MR) is 171 cm³/mol. The zero-order valence-corrected chi connectivity index (χ0v) is 26.0. The number of aliphatic hydroxyl groups is 1. The molecule has 0 spiro atoms. The average Bonchev–Trinajstić information content (AvgIpc) is 3.04. The van der Waals surface area contributed by atoms with Crippen molar-refractivity contribution in [2.24, 2.45) is 5.92 Å². The summed E-state index contributed by atoms with van der Waals surface area (Å²) in [6.07, 6.45) is 15.2. The summed E-state index contributed by atoms with van der Waals surface area (Å²) in [7, 11) is 1.52. The van der Waals surface area contributed by atoms with Gasteiger partial charge in [0.2, 0.25) is 17.7 Å². The van der Waals surface area contributed by atoms with Gasteiger partial charge < -0.3 is 30.7 Å². The number of aliphatic hydroxyl groups excluding tert-OH is 1. The first-order valence-electron chi connectivity index (χ1n) is 15.3. The molecule has 2 aliphatic rings. The SMILES string of the molecule is C=CC1=C(\C=C/C)OCCNC(C2CCCCC2)C(=O)N(C)C(CO)C(=O)NCC(=O)NC\C=C\1.CCc1ccccc1. The van der Waals surface area contributed by atoms with Crippen molar-refractivity contribution >= 4 is 17.7 Å². The van der Waals surface area contributed by atoms with Crippen molar-refractivity contribution in [3.8, 4) is 0 Å². The second-order valence-electron chi connectivity index (χ2n) is 10.6. The number of nitrogens with zero attached hydrogens (tertiary/aromatic N) is 1. The lowest BCUT2D eigenvalue weighted by atomic mass is 9.83. The first-order chi connectivity index (χ1) is 20.9. The van der Waals surface area contributed by atoms with Gasteiger partial charge in [-0.15, -0.1) is 0 Å². The van der Waals surface area contributed by atoms with Crippen LogP contribution in [0.3, 0.4) is 0 Å². The quantitative estimate of drug-likeness (QED) is 0.415. The van der Waals surface area contributed by atoms with Gasteiger partial charge in [-0.05, 0) is 43.7 Å². The number of hydrogen-bond acceptors (Lipinski definition) is 6. The first-order valence-corrected chi connectivity index (χ1v) is 15.3. The van der Waals surface area contributed by atoms with E-state index in [0.717, 1.165) is 44.1 Å². The van der Waals surface area contributed by atoms with Crippen molar-refractivity contribution in [1.29, 1.82) is 0 Å². The van der Waals surface area contributed by atoms with Crippen molar-refractivity contribution in [2.45, 2.75) is 64.5 Å². The molecule has 0 bridgehead atoms. The monoisotopic (exact) mass is 594 g/mol. The number of aryl methyl sites for hydroxylation is 1. The van der Waals surface area contributed by atoms with E-state index in [1.165, 1.54) is 17.5 Å². The molecule has 0 saturated heterocycles. The number of rotatable bonds is 5. The van der Waals surface area contributed by atoms with E-state index >= 15 is 0 Å². The van der Waals surface area contributed by atoms with Gasteiger partial charge in [0, 0.05) is 25.7 Å². The molecule has 236 valence electrons. The molecule has 4 N–H and O–H groups in total. The van der Waals surface area contributed by atoms with Gasteiger partial charge in [-0.1, -0.05) is 87.4 Å². The largest absolute Gasteiger partial charge is 0.492 e. The molecule has 1 aromatic carbocycles. The topological polar surface area (TPSA) is 120 Å². The lowest BCUT2D eigenvalue weighted by molar-refractivity contribution is -0.143. The minimum atomic E-state index is -1.09. The third-order valence-electron chi connectivity index (χ3n) is 7.61. The molecule has 0 radical (unpaired) electrons. The average molecular weight is 595 g/mol. The summed E-state index contributed by atoms with van der Waals surface area (Å²) >= 11 is 0. The molecule has 2 atom stereocenters. The fourth-order valence-corrected chi connectivity index (χ4v) is 5.10. The Kier molecular flexibility index (Phi) is 16.7. The molecule has 2 unspecified atom stereocenters. The standard InChI is InChI=1S/C26H40N4O5.C8H10/c1-4-10-22-19(5-2)13-9-14-27-23(32)17-29-25(33)21(18-31)30(3)26(34)24(28-15-16-35-22)20-11-7-6-8-12-20;1-2-8-6-4-3-5-7-8/h4-5,9-10,13,20-21,24,28,31H,2,6-8,11-12,14-18H2,1,3H3,(H,27,32)(H,29,33);3-7H,2H2,1H3/b10-4-,13-9+,22-19-;. The number of amides is 3. The highest BCUT2D eigenvalue weighted by Crippen LogP contribution is 2.27. The maximum absolute atomic E-state index is 13.5. The summed E-state index contributed by atoms with van der Waals surface area (Å²) in [5.41, 5.74) is 2.17. The van der Waals surface area contributed by atoms with Crippen LogP contribution in [0.5, 0.6) is 0 Å². The van der Waals surface area contributed by atoms with E-state index in [4.69, 9.17) is 4.74 Å². The van der Waals surface area contributed by atoms with Crippen LogP contribution in [0.15, 0.2) is 78.6 Å². The summed E-state index contributed by atoms with van der Waals surface area (Å²) in [6, 6.07) is 8.87. The van der Waals surface area contributed by atoms with Crippen LogP contribution in [-0.4, -0.2) is 79.7 Å². The van der Waals surface area contributed by atoms with E-state index in [0.29, 0.717) is 18.9 Å². The van der Waals surface area contributed by atoms with Gasteiger partial charge in [-0.2, -0.15) is 0 Å². The molecule has 1 aromatic rings. The van der Waals surface area contributed by atoms with Gasteiger partial charge >= 0.3 is 0 Å². The van der Waals surface area contributed by atoms with Crippen LogP contribution in [0.4, 0.5) is 0 Å². The molecule has 1 aliphatic carbocycles. The van der Waals surface area contributed by atoms with Crippen molar-refractivity contribution in [2.75, 3.05) is 39.9 Å². The second-order valence-corrected chi connectivity index (χ2v) is 10.6.